The van der Waals surface area contributed by atoms with Crippen molar-refractivity contribution < 1.29 is 28.0 Å². The van der Waals surface area contributed by atoms with Crippen LogP contribution in [0.5, 0.6) is 0 Å². The third-order valence-corrected chi connectivity index (χ3v) is 7.38. The standard InChI is InChI=1S/C35H51F2N5O4/c1-8-13-42(14-9-2)35(46)27-12-10-11-26(18-27)33(44)40-30(17-25-15-28(36)19-29(37)16-25)21-38-24(7)32(43)41-31(23(5)6)34(45)39-20-22(3)4/h10-12,15-16,18-19,22-24,30-31,38H,8-9,13-14,17,20-21H2,1-7H3,(H,39,45)(H,40,44)(H,41,43). The largest absolute Gasteiger partial charge is 0.354 e. The molecule has 0 saturated carbocycles. The maximum absolute atomic E-state index is 14.0. The van der Waals surface area contributed by atoms with Gasteiger partial charge in [0.15, 0.2) is 0 Å². The molecule has 2 aromatic rings. The van der Waals surface area contributed by atoms with Crippen LogP contribution in [0.3, 0.4) is 0 Å². The van der Waals surface area contributed by atoms with Crippen LogP contribution in [0.15, 0.2) is 42.5 Å². The van der Waals surface area contributed by atoms with Crippen molar-refractivity contribution in [1.82, 2.24) is 26.2 Å². The van der Waals surface area contributed by atoms with Crippen LogP contribution in [0.4, 0.5) is 8.78 Å². The zero-order valence-electron chi connectivity index (χ0n) is 28.2. The Labute approximate surface area is 272 Å². The second-order valence-corrected chi connectivity index (χ2v) is 12.5. The number of rotatable bonds is 18. The number of hydrogen-bond acceptors (Lipinski definition) is 5. The molecule has 3 unspecified atom stereocenters. The molecule has 0 heterocycles. The minimum Gasteiger partial charge on any atom is -0.354 e. The summed E-state index contributed by atoms with van der Waals surface area (Å²) in [5, 5.41) is 11.6. The van der Waals surface area contributed by atoms with E-state index in [9.17, 15) is 28.0 Å². The number of nitrogens with zero attached hydrogens (tertiary/aromatic N) is 1. The Morgan fingerprint density at radius 3 is 1.96 bits per heavy atom. The van der Waals surface area contributed by atoms with E-state index in [1.807, 2.05) is 41.5 Å². The zero-order chi connectivity index (χ0) is 34.4. The fourth-order valence-corrected chi connectivity index (χ4v) is 4.93. The maximum Gasteiger partial charge on any atom is 0.253 e. The van der Waals surface area contributed by atoms with Crippen molar-refractivity contribution in [2.24, 2.45) is 11.8 Å². The molecule has 4 N–H and O–H groups in total. The van der Waals surface area contributed by atoms with Gasteiger partial charge in [0, 0.05) is 49.4 Å². The number of carbonyl (C=O) groups excluding carboxylic acids is 4. The van der Waals surface area contributed by atoms with Crippen molar-refractivity contribution in [2.75, 3.05) is 26.2 Å². The Balaban J connectivity index is 2.21. The number of carbonyl (C=O) groups is 4. The highest BCUT2D eigenvalue weighted by Gasteiger charge is 2.27. The monoisotopic (exact) mass is 643 g/mol. The van der Waals surface area contributed by atoms with Crippen LogP contribution in [0.2, 0.25) is 0 Å². The minimum atomic E-state index is -0.758. The summed E-state index contributed by atoms with van der Waals surface area (Å²) in [6, 6.07) is 7.41. The topological polar surface area (TPSA) is 120 Å². The Morgan fingerprint density at radius 1 is 0.783 bits per heavy atom. The van der Waals surface area contributed by atoms with Crippen molar-refractivity contribution in [3.05, 3.63) is 70.8 Å². The number of amides is 4. The van der Waals surface area contributed by atoms with Gasteiger partial charge in [-0.2, -0.15) is 0 Å². The summed E-state index contributed by atoms with van der Waals surface area (Å²) in [6.07, 6.45) is 1.68. The van der Waals surface area contributed by atoms with Crippen LogP contribution in [-0.4, -0.2) is 72.8 Å². The van der Waals surface area contributed by atoms with Crippen molar-refractivity contribution in [2.45, 2.75) is 85.9 Å². The first-order valence-corrected chi connectivity index (χ1v) is 16.2. The summed E-state index contributed by atoms with van der Waals surface area (Å²) in [4.78, 5) is 54.1. The molecule has 2 aromatic carbocycles. The lowest BCUT2D eigenvalue weighted by Crippen LogP contribution is -2.55. The van der Waals surface area contributed by atoms with E-state index in [1.165, 1.54) is 18.2 Å². The molecule has 9 nitrogen and oxygen atoms in total. The minimum absolute atomic E-state index is 0.0629. The summed E-state index contributed by atoms with van der Waals surface area (Å²) in [5.41, 5.74) is 0.966. The number of benzene rings is 2. The first-order chi connectivity index (χ1) is 21.7. The Hall–Kier alpha value is -3.86. The molecule has 0 radical (unpaired) electrons. The molecular weight excluding hydrogens is 592 g/mol. The van der Waals surface area contributed by atoms with Gasteiger partial charge < -0.3 is 26.2 Å². The highest BCUT2D eigenvalue weighted by Crippen LogP contribution is 2.13. The third kappa shape index (κ3) is 12.5. The molecule has 46 heavy (non-hydrogen) atoms. The average molecular weight is 644 g/mol. The lowest BCUT2D eigenvalue weighted by Gasteiger charge is -2.26. The number of halogens is 2. The summed E-state index contributed by atoms with van der Waals surface area (Å²) in [7, 11) is 0. The molecule has 0 aliphatic heterocycles. The van der Waals surface area contributed by atoms with E-state index in [0.29, 0.717) is 30.8 Å². The van der Waals surface area contributed by atoms with Crippen molar-refractivity contribution in [1.29, 1.82) is 0 Å². The van der Waals surface area contributed by atoms with Gasteiger partial charge in [-0.3, -0.25) is 19.2 Å². The molecule has 0 saturated heterocycles. The van der Waals surface area contributed by atoms with Crippen LogP contribution in [0.25, 0.3) is 0 Å². The highest BCUT2D eigenvalue weighted by atomic mass is 19.1. The quantitative estimate of drug-likeness (QED) is 0.191. The molecule has 3 atom stereocenters. The van der Waals surface area contributed by atoms with E-state index in [-0.39, 0.29) is 42.2 Å². The van der Waals surface area contributed by atoms with Crippen LogP contribution in [0, 0.1) is 23.5 Å². The van der Waals surface area contributed by atoms with Gasteiger partial charge in [-0.15, -0.1) is 0 Å². The molecule has 0 aliphatic carbocycles. The molecule has 0 aliphatic rings. The van der Waals surface area contributed by atoms with Gasteiger partial charge in [-0.05, 0) is 73.9 Å². The highest BCUT2D eigenvalue weighted by molar-refractivity contribution is 5.99. The van der Waals surface area contributed by atoms with Crippen molar-refractivity contribution in [3.63, 3.8) is 0 Å². The fourth-order valence-electron chi connectivity index (χ4n) is 4.93. The van der Waals surface area contributed by atoms with E-state index in [2.05, 4.69) is 21.3 Å². The van der Waals surface area contributed by atoms with E-state index >= 15 is 0 Å². The first-order valence-electron chi connectivity index (χ1n) is 16.2. The lowest BCUT2D eigenvalue weighted by atomic mass is 10.0. The van der Waals surface area contributed by atoms with Crippen LogP contribution < -0.4 is 21.3 Å². The van der Waals surface area contributed by atoms with Gasteiger partial charge in [-0.25, -0.2) is 8.78 Å². The third-order valence-electron chi connectivity index (χ3n) is 7.38. The number of hydrogen-bond donors (Lipinski definition) is 4. The maximum atomic E-state index is 14.0. The predicted molar refractivity (Wildman–Crippen MR) is 176 cm³/mol. The van der Waals surface area contributed by atoms with E-state index in [1.54, 1.807) is 30.0 Å². The molecular formula is C35H51F2N5O4. The molecule has 0 bridgehead atoms. The summed E-state index contributed by atoms with van der Waals surface area (Å²) in [6.45, 7) is 15.0. The summed E-state index contributed by atoms with van der Waals surface area (Å²) in [5.74, 6) is -2.70. The fraction of sp³-hybridized carbons (Fsp3) is 0.543. The molecule has 2 rings (SSSR count). The van der Waals surface area contributed by atoms with Gasteiger partial charge in [0.25, 0.3) is 11.8 Å². The molecule has 0 fully saturated rings. The van der Waals surface area contributed by atoms with E-state index in [4.69, 9.17) is 0 Å². The normalized spacial score (nSPS) is 13.2. The summed E-state index contributed by atoms with van der Waals surface area (Å²) >= 11 is 0. The Morgan fingerprint density at radius 2 is 1.39 bits per heavy atom. The van der Waals surface area contributed by atoms with Crippen LogP contribution in [-0.2, 0) is 16.0 Å². The van der Waals surface area contributed by atoms with Gasteiger partial charge in [0.05, 0.1) is 6.04 Å². The van der Waals surface area contributed by atoms with Gasteiger partial charge in [0.2, 0.25) is 11.8 Å². The second-order valence-electron chi connectivity index (χ2n) is 12.5. The van der Waals surface area contributed by atoms with Gasteiger partial charge in [0.1, 0.15) is 17.7 Å². The molecule has 4 amide bonds. The van der Waals surface area contributed by atoms with Gasteiger partial charge >= 0.3 is 0 Å². The van der Waals surface area contributed by atoms with Crippen molar-refractivity contribution >= 4 is 23.6 Å². The Bertz CT molecular complexity index is 1290. The molecule has 254 valence electrons. The lowest BCUT2D eigenvalue weighted by molar-refractivity contribution is -0.131. The van der Waals surface area contributed by atoms with Crippen LogP contribution in [0.1, 0.15) is 87.6 Å². The SMILES string of the molecule is CCCN(CCC)C(=O)c1cccc(C(=O)NC(CNC(C)C(=O)NC(C(=O)NCC(C)C)C(C)C)Cc2cc(F)cc(F)c2)c1. The molecule has 0 aromatic heterocycles. The molecule has 11 heteroatoms. The Kier molecular flexibility index (Phi) is 15.8. The van der Waals surface area contributed by atoms with E-state index in [0.717, 1.165) is 18.9 Å². The van der Waals surface area contributed by atoms with E-state index < -0.39 is 41.6 Å². The predicted octanol–water partition coefficient (Wildman–Crippen LogP) is 4.46. The van der Waals surface area contributed by atoms with Gasteiger partial charge in [-0.1, -0.05) is 47.6 Å². The summed E-state index contributed by atoms with van der Waals surface area (Å²) < 4.78 is 28.0. The number of nitrogens with one attached hydrogen (secondary N) is 4. The van der Waals surface area contributed by atoms with Crippen LogP contribution >= 0.6 is 0 Å². The average Bonchev–Trinajstić information content (AvgIpc) is 2.99. The zero-order valence-corrected chi connectivity index (χ0v) is 28.2. The molecule has 0 spiro atoms. The second kappa shape index (κ2) is 19.0. The van der Waals surface area contributed by atoms with Crippen molar-refractivity contribution in [3.8, 4) is 0 Å². The first kappa shape index (κ1) is 38.3. The smallest absolute Gasteiger partial charge is 0.253 e.